The second-order valence-electron chi connectivity index (χ2n) is 3.29. The van der Waals surface area contributed by atoms with Crippen LogP contribution in [0.5, 0.6) is 0 Å². The second kappa shape index (κ2) is 5.66. The Morgan fingerprint density at radius 3 is 2.56 bits per heavy atom. The Labute approximate surface area is 96.2 Å². The summed E-state index contributed by atoms with van der Waals surface area (Å²) in [5.41, 5.74) is 3.56. The molecule has 0 unspecified atom stereocenters. The first kappa shape index (κ1) is 12.7. The fraction of sp³-hybridized carbons (Fsp3) is 0.250. The summed E-state index contributed by atoms with van der Waals surface area (Å²) in [6.07, 6.45) is 2.11. The second-order valence-corrected chi connectivity index (χ2v) is 4.90. The molecular weight excluding hydrogens is 224 g/mol. The van der Waals surface area contributed by atoms with Gasteiger partial charge in [0.1, 0.15) is 0 Å². The predicted molar refractivity (Wildman–Crippen MR) is 62.6 cm³/mol. The standard InChI is InChI=1S/C12H14O3S/c1-3-4-5-10-15-16(13,14)12-8-6-11(2)7-9-12/h4,6-9H,1,5,10H2,2H3. The van der Waals surface area contributed by atoms with Gasteiger partial charge >= 0.3 is 0 Å². The van der Waals surface area contributed by atoms with E-state index in [1.54, 1.807) is 18.2 Å². The van der Waals surface area contributed by atoms with Crippen molar-refractivity contribution in [1.29, 1.82) is 0 Å². The molecule has 4 heteroatoms. The third kappa shape index (κ3) is 3.66. The van der Waals surface area contributed by atoms with Crippen LogP contribution in [0.1, 0.15) is 12.0 Å². The van der Waals surface area contributed by atoms with Gasteiger partial charge < -0.3 is 0 Å². The third-order valence-corrected chi connectivity index (χ3v) is 3.28. The van der Waals surface area contributed by atoms with Crippen molar-refractivity contribution in [3.63, 3.8) is 0 Å². The molecule has 3 nitrogen and oxygen atoms in total. The molecule has 0 atom stereocenters. The van der Waals surface area contributed by atoms with Crippen molar-refractivity contribution in [2.24, 2.45) is 0 Å². The summed E-state index contributed by atoms with van der Waals surface area (Å²) < 4.78 is 28.1. The maximum Gasteiger partial charge on any atom is 0.296 e. The number of rotatable bonds is 5. The molecule has 0 aliphatic carbocycles. The van der Waals surface area contributed by atoms with Gasteiger partial charge in [0.15, 0.2) is 0 Å². The minimum atomic E-state index is -3.63. The van der Waals surface area contributed by atoms with Crippen LogP contribution in [-0.4, -0.2) is 15.0 Å². The average Bonchev–Trinajstić information content (AvgIpc) is 2.25. The predicted octanol–water partition coefficient (Wildman–Crippen LogP) is 2.43. The summed E-state index contributed by atoms with van der Waals surface area (Å²) in [5.74, 6) is 0. The van der Waals surface area contributed by atoms with Crippen molar-refractivity contribution in [3.05, 3.63) is 48.2 Å². The minimum Gasteiger partial charge on any atom is -0.266 e. The molecular formula is C12H14O3S. The highest BCUT2D eigenvalue weighted by Gasteiger charge is 2.13. The number of hydrogen-bond acceptors (Lipinski definition) is 3. The molecule has 1 aromatic rings. The van der Waals surface area contributed by atoms with Crippen LogP contribution in [0.25, 0.3) is 0 Å². The Morgan fingerprint density at radius 1 is 1.38 bits per heavy atom. The lowest BCUT2D eigenvalue weighted by Crippen LogP contribution is -2.07. The van der Waals surface area contributed by atoms with Crippen LogP contribution in [0.3, 0.4) is 0 Å². The van der Waals surface area contributed by atoms with E-state index in [9.17, 15) is 8.42 Å². The Morgan fingerprint density at radius 2 is 2.00 bits per heavy atom. The van der Waals surface area contributed by atoms with Crippen molar-refractivity contribution in [2.75, 3.05) is 6.61 Å². The van der Waals surface area contributed by atoms with E-state index in [4.69, 9.17) is 4.18 Å². The monoisotopic (exact) mass is 238 g/mol. The molecule has 0 amide bonds. The molecule has 0 N–H and O–H groups in total. The van der Waals surface area contributed by atoms with Crippen LogP contribution >= 0.6 is 0 Å². The van der Waals surface area contributed by atoms with Crippen LogP contribution in [0.4, 0.5) is 0 Å². The highest BCUT2D eigenvalue weighted by atomic mass is 32.2. The van der Waals surface area contributed by atoms with Crippen LogP contribution in [0, 0.1) is 6.92 Å². The van der Waals surface area contributed by atoms with E-state index in [0.717, 1.165) is 5.56 Å². The molecule has 0 saturated carbocycles. The zero-order valence-corrected chi connectivity index (χ0v) is 9.96. The van der Waals surface area contributed by atoms with E-state index >= 15 is 0 Å². The van der Waals surface area contributed by atoms with E-state index in [1.165, 1.54) is 12.1 Å². The Kier molecular flexibility index (Phi) is 4.50. The smallest absolute Gasteiger partial charge is 0.266 e. The van der Waals surface area contributed by atoms with Crippen LogP contribution in [-0.2, 0) is 14.3 Å². The molecule has 0 aromatic heterocycles. The number of hydrogen-bond donors (Lipinski definition) is 0. The quantitative estimate of drug-likeness (QED) is 0.449. The highest BCUT2D eigenvalue weighted by molar-refractivity contribution is 7.86. The van der Waals surface area contributed by atoms with Gasteiger partial charge in [-0.2, -0.15) is 8.42 Å². The molecule has 16 heavy (non-hydrogen) atoms. The number of aryl methyl sites for hydroxylation is 1. The molecule has 0 heterocycles. The van der Waals surface area contributed by atoms with Crippen LogP contribution in [0.2, 0.25) is 0 Å². The first-order valence-electron chi connectivity index (χ1n) is 4.86. The first-order valence-corrected chi connectivity index (χ1v) is 6.27. The average molecular weight is 238 g/mol. The van der Waals surface area contributed by atoms with Crippen molar-refractivity contribution in [2.45, 2.75) is 18.2 Å². The van der Waals surface area contributed by atoms with E-state index in [2.05, 4.69) is 12.3 Å². The zero-order chi connectivity index (χ0) is 12.0. The van der Waals surface area contributed by atoms with Crippen LogP contribution in [0.15, 0.2) is 47.5 Å². The lowest BCUT2D eigenvalue weighted by molar-refractivity contribution is 0.325. The fourth-order valence-electron chi connectivity index (χ4n) is 1.09. The molecule has 0 saturated heterocycles. The van der Waals surface area contributed by atoms with Gasteiger partial charge in [-0.05, 0) is 31.6 Å². The molecule has 86 valence electrons. The molecule has 0 radical (unpaired) electrons. The van der Waals surface area contributed by atoms with E-state index < -0.39 is 10.1 Å². The normalized spacial score (nSPS) is 10.8. The molecule has 1 aromatic carbocycles. The summed E-state index contributed by atoms with van der Waals surface area (Å²) in [7, 11) is -3.63. The SMILES string of the molecule is C=C=CCCOS(=O)(=O)c1ccc(C)cc1. The maximum atomic E-state index is 11.6. The zero-order valence-electron chi connectivity index (χ0n) is 9.14. The van der Waals surface area contributed by atoms with Gasteiger partial charge in [-0.1, -0.05) is 24.3 Å². The Hall–Kier alpha value is -1.35. The van der Waals surface area contributed by atoms with Crippen molar-refractivity contribution in [1.82, 2.24) is 0 Å². The largest absolute Gasteiger partial charge is 0.296 e. The van der Waals surface area contributed by atoms with Gasteiger partial charge in [-0.25, -0.2) is 0 Å². The van der Waals surface area contributed by atoms with Crippen molar-refractivity contribution < 1.29 is 12.6 Å². The molecule has 0 fully saturated rings. The lowest BCUT2D eigenvalue weighted by Gasteiger charge is -2.04. The Balaban J connectivity index is 2.70. The third-order valence-electron chi connectivity index (χ3n) is 1.95. The van der Waals surface area contributed by atoms with Gasteiger partial charge in [-0.15, -0.1) is 5.73 Å². The van der Waals surface area contributed by atoms with Crippen molar-refractivity contribution >= 4 is 10.1 Å². The van der Waals surface area contributed by atoms with Gasteiger partial charge in [0, 0.05) is 0 Å². The van der Waals surface area contributed by atoms with Crippen molar-refractivity contribution in [3.8, 4) is 0 Å². The Bertz CT molecular complexity index is 480. The minimum absolute atomic E-state index is 0.110. The van der Waals surface area contributed by atoms with E-state index in [1.807, 2.05) is 6.92 Å². The lowest BCUT2D eigenvalue weighted by atomic mass is 10.2. The summed E-state index contributed by atoms with van der Waals surface area (Å²) in [5, 5.41) is 0. The topological polar surface area (TPSA) is 43.4 Å². The molecule has 0 spiro atoms. The molecule has 0 aliphatic heterocycles. The van der Waals surface area contributed by atoms with Gasteiger partial charge in [0.05, 0.1) is 11.5 Å². The van der Waals surface area contributed by atoms with E-state index in [0.29, 0.717) is 6.42 Å². The highest BCUT2D eigenvalue weighted by Crippen LogP contribution is 2.13. The van der Waals surface area contributed by atoms with E-state index in [-0.39, 0.29) is 11.5 Å². The number of benzene rings is 1. The summed E-state index contributed by atoms with van der Waals surface area (Å²) >= 11 is 0. The maximum absolute atomic E-state index is 11.6. The van der Waals surface area contributed by atoms with Gasteiger partial charge in [0.25, 0.3) is 10.1 Å². The first-order chi connectivity index (χ1) is 7.56. The summed E-state index contributed by atoms with van der Waals surface area (Å²) in [6, 6.07) is 6.54. The van der Waals surface area contributed by atoms with Crippen LogP contribution < -0.4 is 0 Å². The fourth-order valence-corrected chi connectivity index (χ4v) is 2.01. The summed E-state index contributed by atoms with van der Waals surface area (Å²) in [4.78, 5) is 0.181. The molecule has 1 rings (SSSR count). The van der Waals surface area contributed by atoms with Gasteiger partial charge in [0.2, 0.25) is 0 Å². The summed E-state index contributed by atoms with van der Waals surface area (Å²) in [6.45, 7) is 5.38. The van der Waals surface area contributed by atoms with Gasteiger partial charge in [-0.3, -0.25) is 4.18 Å². The molecule has 0 aliphatic rings. The molecule has 0 bridgehead atoms.